The molecule has 1 aliphatic heterocycles. The molecule has 3 rings (SSSR count). The summed E-state index contributed by atoms with van der Waals surface area (Å²) >= 11 is 6.04. The molecule has 1 N–H and O–H groups in total. The van der Waals surface area contributed by atoms with Crippen LogP contribution in [0.25, 0.3) is 0 Å². The second-order valence-electron chi connectivity index (χ2n) is 6.83. The molecule has 0 aliphatic carbocycles. The van der Waals surface area contributed by atoms with Gasteiger partial charge in [0.25, 0.3) is 11.8 Å². The van der Waals surface area contributed by atoms with E-state index in [2.05, 4.69) is 5.32 Å². The minimum atomic E-state index is -0.341. The first-order valence-electron chi connectivity index (χ1n) is 8.44. The summed E-state index contributed by atoms with van der Waals surface area (Å²) in [6.07, 6.45) is 0. The highest BCUT2D eigenvalue weighted by Gasteiger charge is 2.34. The highest BCUT2D eigenvalue weighted by Crippen LogP contribution is 2.23. The van der Waals surface area contributed by atoms with Gasteiger partial charge in [-0.1, -0.05) is 23.7 Å². The second kappa shape index (κ2) is 7.48. The molecule has 0 unspecified atom stereocenters. The minimum absolute atomic E-state index is 0.0396. The molecule has 0 radical (unpaired) electrons. The van der Waals surface area contributed by atoms with E-state index in [0.717, 1.165) is 0 Å². The molecule has 2 aromatic carbocycles. The third-order valence-electron chi connectivity index (χ3n) is 4.40. The van der Waals surface area contributed by atoms with Crippen LogP contribution < -0.4 is 5.32 Å². The van der Waals surface area contributed by atoms with E-state index in [1.54, 1.807) is 48.5 Å². The third kappa shape index (κ3) is 3.89. The van der Waals surface area contributed by atoms with Crippen molar-refractivity contribution < 1.29 is 14.3 Å². The summed E-state index contributed by atoms with van der Waals surface area (Å²) in [5.41, 5.74) is 1.25. The van der Waals surface area contributed by atoms with Gasteiger partial charge in [-0.2, -0.15) is 0 Å². The van der Waals surface area contributed by atoms with Crippen LogP contribution in [0.2, 0.25) is 5.02 Å². The van der Waals surface area contributed by atoms with Crippen molar-refractivity contribution >= 4 is 29.1 Å². The Morgan fingerprint density at radius 3 is 2.46 bits per heavy atom. The predicted molar refractivity (Wildman–Crippen MR) is 102 cm³/mol. The van der Waals surface area contributed by atoms with Gasteiger partial charge in [-0.3, -0.25) is 9.59 Å². The van der Waals surface area contributed by atoms with E-state index >= 15 is 0 Å². The Morgan fingerprint density at radius 2 is 1.81 bits per heavy atom. The molecule has 136 valence electrons. The number of hydrogen-bond donors (Lipinski definition) is 1. The first kappa shape index (κ1) is 18.4. The number of carbonyl (C=O) groups excluding carboxylic acids is 2. The lowest BCUT2D eigenvalue weighted by molar-refractivity contribution is -0.0370. The van der Waals surface area contributed by atoms with E-state index in [-0.39, 0.29) is 17.4 Å². The Morgan fingerprint density at radius 1 is 1.12 bits per heavy atom. The van der Waals surface area contributed by atoms with Gasteiger partial charge in [0.05, 0.1) is 29.3 Å². The van der Waals surface area contributed by atoms with E-state index in [4.69, 9.17) is 16.3 Å². The molecule has 2 amide bonds. The van der Waals surface area contributed by atoms with E-state index in [0.29, 0.717) is 41.6 Å². The van der Waals surface area contributed by atoms with Crippen LogP contribution in [0.4, 0.5) is 5.69 Å². The number of benzene rings is 2. The monoisotopic (exact) mass is 372 g/mol. The number of hydrogen-bond acceptors (Lipinski definition) is 3. The molecule has 1 saturated heterocycles. The predicted octanol–water partition coefficient (Wildman–Crippen LogP) is 3.84. The quantitative estimate of drug-likeness (QED) is 0.890. The summed E-state index contributed by atoms with van der Waals surface area (Å²) in [4.78, 5) is 26.9. The molecule has 1 aliphatic rings. The zero-order valence-electron chi connectivity index (χ0n) is 14.8. The fourth-order valence-electron chi connectivity index (χ4n) is 2.93. The molecule has 26 heavy (non-hydrogen) atoms. The fourth-order valence-corrected chi connectivity index (χ4v) is 3.15. The van der Waals surface area contributed by atoms with Gasteiger partial charge in [0.2, 0.25) is 0 Å². The number of rotatable bonds is 3. The van der Waals surface area contributed by atoms with Crippen LogP contribution in [0.3, 0.4) is 0 Å². The van der Waals surface area contributed by atoms with Crippen molar-refractivity contribution in [2.75, 3.05) is 25.1 Å². The lowest BCUT2D eigenvalue weighted by Crippen LogP contribution is -2.55. The van der Waals surface area contributed by atoms with Gasteiger partial charge in [-0.15, -0.1) is 0 Å². The van der Waals surface area contributed by atoms with Crippen molar-refractivity contribution in [3.05, 3.63) is 64.7 Å². The summed E-state index contributed by atoms with van der Waals surface area (Å²) in [6.45, 7) is 5.60. The Kier molecular flexibility index (Phi) is 5.30. The van der Waals surface area contributed by atoms with E-state index < -0.39 is 0 Å². The van der Waals surface area contributed by atoms with Crippen molar-refractivity contribution in [1.82, 2.24) is 4.90 Å². The zero-order valence-corrected chi connectivity index (χ0v) is 15.5. The fraction of sp³-hybridized carbons (Fsp3) is 0.300. The van der Waals surface area contributed by atoms with Crippen molar-refractivity contribution in [1.29, 1.82) is 0 Å². The molecule has 0 atom stereocenters. The van der Waals surface area contributed by atoms with Crippen molar-refractivity contribution in [3.63, 3.8) is 0 Å². The van der Waals surface area contributed by atoms with Gasteiger partial charge in [-0.05, 0) is 50.2 Å². The van der Waals surface area contributed by atoms with Gasteiger partial charge >= 0.3 is 0 Å². The molecule has 1 heterocycles. The molecule has 0 saturated carbocycles. The van der Waals surface area contributed by atoms with Crippen LogP contribution in [0.5, 0.6) is 0 Å². The number of nitrogens with zero attached hydrogens (tertiary/aromatic N) is 1. The van der Waals surface area contributed by atoms with E-state index in [1.807, 2.05) is 18.7 Å². The average Bonchev–Trinajstić information content (AvgIpc) is 2.62. The number of halogens is 1. The summed E-state index contributed by atoms with van der Waals surface area (Å²) in [7, 11) is 0. The normalized spacial score (nSPS) is 16.2. The highest BCUT2D eigenvalue weighted by atomic mass is 35.5. The maximum absolute atomic E-state index is 12.8. The summed E-state index contributed by atoms with van der Waals surface area (Å²) in [5.74, 6) is -0.328. The van der Waals surface area contributed by atoms with Crippen LogP contribution >= 0.6 is 11.6 Å². The molecule has 0 bridgehead atoms. The van der Waals surface area contributed by atoms with Gasteiger partial charge < -0.3 is 15.0 Å². The largest absolute Gasteiger partial charge is 0.377 e. The van der Waals surface area contributed by atoms with Crippen LogP contribution in [0.1, 0.15) is 34.6 Å². The lowest BCUT2D eigenvalue weighted by Gasteiger charge is -2.42. The maximum atomic E-state index is 12.8. The lowest BCUT2D eigenvalue weighted by atomic mass is 10.0. The van der Waals surface area contributed by atoms with Crippen LogP contribution in [-0.2, 0) is 4.74 Å². The van der Waals surface area contributed by atoms with E-state index in [1.165, 1.54) is 0 Å². The van der Waals surface area contributed by atoms with Gasteiger partial charge in [0.1, 0.15) is 0 Å². The highest BCUT2D eigenvalue weighted by molar-refractivity contribution is 6.34. The van der Waals surface area contributed by atoms with Gasteiger partial charge in [-0.25, -0.2) is 0 Å². The van der Waals surface area contributed by atoms with Crippen LogP contribution in [-0.4, -0.2) is 42.0 Å². The van der Waals surface area contributed by atoms with Crippen LogP contribution in [0, 0.1) is 0 Å². The average molecular weight is 373 g/mol. The number of amides is 2. The molecule has 0 spiro atoms. The topological polar surface area (TPSA) is 58.6 Å². The minimum Gasteiger partial charge on any atom is -0.377 e. The van der Waals surface area contributed by atoms with E-state index in [9.17, 15) is 9.59 Å². The van der Waals surface area contributed by atoms with Crippen molar-refractivity contribution in [3.8, 4) is 0 Å². The van der Waals surface area contributed by atoms with Crippen molar-refractivity contribution in [2.24, 2.45) is 0 Å². The number of morpholine rings is 1. The Balaban J connectivity index is 1.71. The smallest absolute Gasteiger partial charge is 0.257 e. The third-order valence-corrected chi connectivity index (χ3v) is 4.73. The maximum Gasteiger partial charge on any atom is 0.257 e. The van der Waals surface area contributed by atoms with Gasteiger partial charge in [0, 0.05) is 17.8 Å². The number of nitrogens with one attached hydrogen (secondary N) is 1. The first-order chi connectivity index (χ1) is 12.4. The van der Waals surface area contributed by atoms with Crippen LogP contribution in [0.15, 0.2) is 48.5 Å². The second-order valence-corrected chi connectivity index (χ2v) is 7.24. The summed E-state index contributed by atoms with van der Waals surface area (Å²) in [6, 6.07) is 13.7. The molecular formula is C20H21ClN2O3. The summed E-state index contributed by atoms with van der Waals surface area (Å²) in [5, 5.41) is 3.19. The SMILES string of the molecule is CC1(C)COCCN1C(=O)c1ccc(NC(=O)c2ccccc2Cl)cc1. The standard InChI is InChI=1S/C20H21ClN2O3/c1-20(2)13-26-12-11-23(20)19(25)14-7-9-15(10-8-14)22-18(24)16-5-3-4-6-17(16)21/h3-10H,11-13H2,1-2H3,(H,22,24). The molecular weight excluding hydrogens is 352 g/mol. The molecule has 5 nitrogen and oxygen atoms in total. The molecule has 6 heteroatoms. The number of ether oxygens (including phenoxy) is 1. The number of carbonyl (C=O) groups is 2. The number of anilines is 1. The zero-order chi connectivity index (χ0) is 18.7. The molecule has 1 fully saturated rings. The van der Waals surface area contributed by atoms with Crippen molar-refractivity contribution in [2.45, 2.75) is 19.4 Å². The Bertz CT molecular complexity index is 818. The Hall–Kier alpha value is -2.37. The first-order valence-corrected chi connectivity index (χ1v) is 8.82. The molecule has 2 aromatic rings. The van der Waals surface area contributed by atoms with Gasteiger partial charge in [0.15, 0.2) is 0 Å². The Labute approximate surface area is 157 Å². The molecule has 0 aromatic heterocycles. The summed E-state index contributed by atoms with van der Waals surface area (Å²) < 4.78 is 5.46.